The SMILES string of the molecule is CCCCC(C)Oc1ccc(C)c(C(=O)OC)c1. The summed E-state index contributed by atoms with van der Waals surface area (Å²) in [5.41, 5.74) is 1.47. The van der Waals surface area contributed by atoms with Crippen LogP contribution in [-0.2, 0) is 4.74 Å². The zero-order chi connectivity index (χ0) is 13.5. The maximum absolute atomic E-state index is 11.6. The fraction of sp³-hybridized carbons (Fsp3) is 0.533. The van der Waals surface area contributed by atoms with Gasteiger partial charge in [-0.25, -0.2) is 4.79 Å². The predicted octanol–water partition coefficient (Wildman–Crippen LogP) is 3.74. The van der Waals surface area contributed by atoms with Crippen molar-refractivity contribution in [3.63, 3.8) is 0 Å². The third-order valence-corrected chi connectivity index (χ3v) is 2.92. The molecule has 1 atom stereocenters. The van der Waals surface area contributed by atoms with Gasteiger partial charge >= 0.3 is 5.97 Å². The first-order valence-corrected chi connectivity index (χ1v) is 6.44. The van der Waals surface area contributed by atoms with E-state index in [4.69, 9.17) is 9.47 Å². The molecule has 3 heteroatoms. The third-order valence-electron chi connectivity index (χ3n) is 2.92. The van der Waals surface area contributed by atoms with Crippen molar-refractivity contribution in [2.24, 2.45) is 0 Å². The molecule has 0 spiro atoms. The molecule has 0 saturated heterocycles. The largest absolute Gasteiger partial charge is 0.491 e. The highest BCUT2D eigenvalue weighted by atomic mass is 16.5. The van der Waals surface area contributed by atoms with E-state index in [1.165, 1.54) is 7.11 Å². The van der Waals surface area contributed by atoms with E-state index in [9.17, 15) is 4.79 Å². The van der Waals surface area contributed by atoms with Crippen molar-refractivity contribution in [1.29, 1.82) is 0 Å². The maximum atomic E-state index is 11.6. The Balaban J connectivity index is 2.75. The molecule has 1 unspecified atom stereocenters. The van der Waals surface area contributed by atoms with Crippen LogP contribution in [0.3, 0.4) is 0 Å². The van der Waals surface area contributed by atoms with Crippen LogP contribution in [0.1, 0.15) is 49.0 Å². The zero-order valence-corrected chi connectivity index (χ0v) is 11.7. The topological polar surface area (TPSA) is 35.5 Å². The van der Waals surface area contributed by atoms with Crippen LogP contribution < -0.4 is 4.74 Å². The molecular formula is C15H22O3. The zero-order valence-electron chi connectivity index (χ0n) is 11.7. The second kappa shape index (κ2) is 7.04. The smallest absolute Gasteiger partial charge is 0.338 e. The van der Waals surface area contributed by atoms with E-state index in [1.807, 2.05) is 26.0 Å². The molecule has 0 amide bonds. The molecule has 1 aromatic carbocycles. The van der Waals surface area contributed by atoms with Gasteiger partial charge < -0.3 is 9.47 Å². The number of carbonyl (C=O) groups is 1. The van der Waals surface area contributed by atoms with Crippen molar-refractivity contribution < 1.29 is 14.3 Å². The van der Waals surface area contributed by atoms with E-state index < -0.39 is 0 Å². The van der Waals surface area contributed by atoms with Gasteiger partial charge in [-0.1, -0.05) is 25.8 Å². The van der Waals surface area contributed by atoms with Gasteiger partial charge in [0.2, 0.25) is 0 Å². The molecule has 0 heterocycles. The Morgan fingerprint density at radius 2 is 2.11 bits per heavy atom. The maximum Gasteiger partial charge on any atom is 0.338 e. The molecule has 3 nitrogen and oxygen atoms in total. The number of hydrogen-bond acceptors (Lipinski definition) is 3. The number of rotatable bonds is 6. The first-order chi connectivity index (χ1) is 8.58. The Morgan fingerprint density at radius 3 is 2.72 bits per heavy atom. The summed E-state index contributed by atoms with van der Waals surface area (Å²) in [5.74, 6) is 0.406. The number of esters is 1. The van der Waals surface area contributed by atoms with Crippen LogP contribution in [0, 0.1) is 6.92 Å². The monoisotopic (exact) mass is 250 g/mol. The summed E-state index contributed by atoms with van der Waals surface area (Å²) in [6.07, 6.45) is 3.50. The van der Waals surface area contributed by atoms with Gasteiger partial charge in [0.1, 0.15) is 5.75 Å². The van der Waals surface area contributed by atoms with Crippen molar-refractivity contribution >= 4 is 5.97 Å². The Morgan fingerprint density at radius 1 is 1.39 bits per heavy atom. The lowest BCUT2D eigenvalue weighted by Crippen LogP contribution is -2.12. The summed E-state index contributed by atoms with van der Waals surface area (Å²) in [6, 6.07) is 5.53. The fourth-order valence-electron chi connectivity index (χ4n) is 1.79. The number of aryl methyl sites for hydroxylation is 1. The molecule has 18 heavy (non-hydrogen) atoms. The molecule has 1 rings (SSSR count). The highest BCUT2D eigenvalue weighted by Crippen LogP contribution is 2.20. The van der Waals surface area contributed by atoms with E-state index in [-0.39, 0.29) is 12.1 Å². The quantitative estimate of drug-likeness (QED) is 0.721. The van der Waals surface area contributed by atoms with Gasteiger partial charge in [-0.3, -0.25) is 0 Å². The first-order valence-electron chi connectivity index (χ1n) is 6.44. The number of benzene rings is 1. The minimum Gasteiger partial charge on any atom is -0.491 e. The lowest BCUT2D eigenvalue weighted by molar-refractivity contribution is 0.0599. The van der Waals surface area contributed by atoms with E-state index in [1.54, 1.807) is 6.07 Å². The van der Waals surface area contributed by atoms with Gasteiger partial charge in [0.25, 0.3) is 0 Å². The molecule has 0 aliphatic rings. The molecule has 0 bridgehead atoms. The number of carbonyl (C=O) groups excluding carboxylic acids is 1. The van der Waals surface area contributed by atoms with Crippen molar-refractivity contribution in [2.75, 3.05) is 7.11 Å². The summed E-state index contributed by atoms with van der Waals surface area (Å²) >= 11 is 0. The van der Waals surface area contributed by atoms with Crippen LogP contribution in [0.25, 0.3) is 0 Å². The summed E-state index contributed by atoms with van der Waals surface area (Å²) in [5, 5.41) is 0. The standard InChI is InChI=1S/C15H22O3/c1-5-6-7-12(3)18-13-9-8-11(2)14(10-13)15(16)17-4/h8-10,12H,5-7H2,1-4H3. The van der Waals surface area contributed by atoms with Crippen LogP contribution >= 0.6 is 0 Å². The lowest BCUT2D eigenvalue weighted by atomic mass is 10.1. The summed E-state index contributed by atoms with van der Waals surface area (Å²) in [4.78, 5) is 11.6. The lowest BCUT2D eigenvalue weighted by Gasteiger charge is -2.15. The number of methoxy groups -OCH3 is 1. The Bertz CT molecular complexity index is 399. The molecular weight excluding hydrogens is 228 g/mol. The van der Waals surface area contributed by atoms with Crippen LogP contribution in [-0.4, -0.2) is 19.2 Å². The van der Waals surface area contributed by atoms with Gasteiger partial charge in [0, 0.05) is 0 Å². The van der Waals surface area contributed by atoms with Crippen LogP contribution in [0.2, 0.25) is 0 Å². The Labute approximate surface area is 109 Å². The number of unbranched alkanes of at least 4 members (excludes halogenated alkanes) is 1. The fourth-order valence-corrected chi connectivity index (χ4v) is 1.79. The molecule has 0 aliphatic carbocycles. The van der Waals surface area contributed by atoms with E-state index in [0.29, 0.717) is 5.56 Å². The highest BCUT2D eigenvalue weighted by Gasteiger charge is 2.11. The predicted molar refractivity (Wildman–Crippen MR) is 72.1 cm³/mol. The minimum absolute atomic E-state index is 0.165. The first kappa shape index (κ1) is 14.6. The molecule has 0 radical (unpaired) electrons. The van der Waals surface area contributed by atoms with Crippen molar-refractivity contribution in [1.82, 2.24) is 0 Å². The summed E-state index contributed by atoms with van der Waals surface area (Å²) < 4.78 is 10.5. The second-order valence-electron chi connectivity index (χ2n) is 4.54. The average molecular weight is 250 g/mol. The number of hydrogen-bond donors (Lipinski definition) is 0. The normalized spacial score (nSPS) is 12.0. The van der Waals surface area contributed by atoms with Gasteiger partial charge in [0.15, 0.2) is 0 Å². The van der Waals surface area contributed by atoms with Gasteiger partial charge in [-0.15, -0.1) is 0 Å². The van der Waals surface area contributed by atoms with Crippen LogP contribution in [0.4, 0.5) is 0 Å². The Hall–Kier alpha value is -1.51. The highest BCUT2D eigenvalue weighted by molar-refractivity contribution is 5.91. The van der Waals surface area contributed by atoms with Crippen molar-refractivity contribution in [3.05, 3.63) is 29.3 Å². The summed E-state index contributed by atoms with van der Waals surface area (Å²) in [6.45, 7) is 6.10. The van der Waals surface area contributed by atoms with Gasteiger partial charge in [-0.2, -0.15) is 0 Å². The average Bonchev–Trinajstić information content (AvgIpc) is 2.37. The van der Waals surface area contributed by atoms with Gasteiger partial charge in [-0.05, 0) is 38.0 Å². The van der Waals surface area contributed by atoms with Crippen LogP contribution in [0.5, 0.6) is 5.75 Å². The van der Waals surface area contributed by atoms with Crippen molar-refractivity contribution in [2.45, 2.75) is 46.1 Å². The third kappa shape index (κ3) is 4.06. The van der Waals surface area contributed by atoms with E-state index in [2.05, 4.69) is 6.92 Å². The summed E-state index contributed by atoms with van der Waals surface area (Å²) in [7, 11) is 1.39. The molecule has 0 saturated carbocycles. The molecule has 1 aromatic rings. The molecule has 0 aromatic heterocycles. The van der Waals surface area contributed by atoms with E-state index in [0.717, 1.165) is 30.6 Å². The minimum atomic E-state index is -0.320. The second-order valence-corrected chi connectivity index (χ2v) is 4.54. The molecule has 0 fully saturated rings. The van der Waals surface area contributed by atoms with Crippen molar-refractivity contribution in [3.8, 4) is 5.75 Å². The van der Waals surface area contributed by atoms with Crippen LogP contribution in [0.15, 0.2) is 18.2 Å². The number of ether oxygens (including phenoxy) is 2. The molecule has 0 N–H and O–H groups in total. The van der Waals surface area contributed by atoms with Gasteiger partial charge in [0.05, 0.1) is 18.8 Å². The molecule has 0 aliphatic heterocycles. The van der Waals surface area contributed by atoms with E-state index >= 15 is 0 Å². The molecule has 100 valence electrons. The Kier molecular flexibility index (Phi) is 5.69.